The molecule has 2 amide bonds. The van der Waals surface area contributed by atoms with Crippen molar-refractivity contribution in [3.63, 3.8) is 0 Å². The fourth-order valence-corrected chi connectivity index (χ4v) is 3.77. The van der Waals surface area contributed by atoms with Crippen LogP contribution in [0.15, 0.2) is 18.2 Å². The number of hydrogen-bond acceptors (Lipinski definition) is 2. The summed E-state index contributed by atoms with van der Waals surface area (Å²) >= 11 is 6.09. The van der Waals surface area contributed by atoms with E-state index >= 15 is 0 Å². The Morgan fingerprint density at radius 3 is 2.79 bits per heavy atom. The van der Waals surface area contributed by atoms with Crippen LogP contribution in [0, 0.1) is 18.8 Å². The van der Waals surface area contributed by atoms with Gasteiger partial charge in [0.2, 0.25) is 11.8 Å². The first-order valence-corrected chi connectivity index (χ1v) is 9.26. The second-order valence-electron chi connectivity index (χ2n) is 6.99. The van der Waals surface area contributed by atoms with E-state index in [4.69, 9.17) is 11.6 Å². The van der Waals surface area contributed by atoms with Crippen molar-refractivity contribution in [3.05, 3.63) is 28.8 Å². The van der Waals surface area contributed by atoms with Crippen LogP contribution < -0.4 is 5.32 Å². The van der Waals surface area contributed by atoms with Crippen molar-refractivity contribution in [2.24, 2.45) is 11.8 Å². The Labute approximate surface area is 148 Å². The normalized spacial score (nSPS) is 26.1. The Bertz CT molecular complexity index is 646. The summed E-state index contributed by atoms with van der Waals surface area (Å²) in [6, 6.07) is 5.83. The van der Waals surface area contributed by atoms with Crippen LogP contribution in [0.5, 0.6) is 0 Å². The summed E-state index contributed by atoms with van der Waals surface area (Å²) in [5, 5.41) is 3.53. The number of carbonyl (C=O) groups is 2. The van der Waals surface area contributed by atoms with Crippen molar-refractivity contribution in [2.75, 3.05) is 11.9 Å². The molecule has 24 heavy (non-hydrogen) atoms. The maximum absolute atomic E-state index is 12.7. The molecule has 2 fully saturated rings. The van der Waals surface area contributed by atoms with E-state index in [9.17, 15) is 9.59 Å². The van der Waals surface area contributed by atoms with Gasteiger partial charge in [-0.15, -0.1) is 0 Å². The summed E-state index contributed by atoms with van der Waals surface area (Å²) in [6.45, 7) is 4.90. The molecule has 1 aliphatic carbocycles. The fraction of sp³-hybridized carbons (Fsp3) is 0.579. The number of benzene rings is 1. The number of hydrogen-bond donors (Lipinski definition) is 1. The lowest BCUT2D eigenvalue weighted by Crippen LogP contribution is -2.44. The molecule has 1 heterocycles. The topological polar surface area (TPSA) is 49.4 Å². The van der Waals surface area contributed by atoms with Gasteiger partial charge in [-0.2, -0.15) is 0 Å². The van der Waals surface area contributed by atoms with Gasteiger partial charge in [-0.1, -0.05) is 24.6 Å². The molecule has 1 saturated carbocycles. The van der Waals surface area contributed by atoms with E-state index < -0.39 is 0 Å². The van der Waals surface area contributed by atoms with Crippen molar-refractivity contribution < 1.29 is 9.59 Å². The smallest absolute Gasteiger partial charge is 0.228 e. The van der Waals surface area contributed by atoms with E-state index in [0.29, 0.717) is 23.2 Å². The van der Waals surface area contributed by atoms with Crippen LogP contribution >= 0.6 is 11.6 Å². The van der Waals surface area contributed by atoms with E-state index in [0.717, 1.165) is 31.4 Å². The first-order chi connectivity index (χ1) is 11.5. The second-order valence-corrected chi connectivity index (χ2v) is 7.40. The van der Waals surface area contributed by atoms with Crippen molar-refractivity contribution >= 4 is 29.1 Å². The maximum atomic E-state index is 12.7. The zero-order chi connectivity index (χ0) is 17.3. The summed E-state index contributed by atoms with van der Waals surface area (Å²) in [6.07, 6.45) is 5.03. The largest absolute Gasteiger partial charge is 0.339 e. The number of nitrogens with zero attached hydrogens (tertiary/aromatic N) is 1. The minimum atomic E-state index is -0.197. The Balaban J connectivity index is 1.58. The molecule has 3 atom stereocenters. The van der Waals surface area contributed by atoms with Crippen molar-refractivity contribution in [3.8, 4) is 0 Å². The second kappa shape index (κ2) is 7.14. The van der Waals surface area contributed by atoms with E-state index in [1.807, 2.05) is 24.0 Å². The number of halogens is 1. The summed E-state index contributed by atoms with van der Waals surface area (Å²) in [5.74, 6) is -0.239. The number of carbonyl (C=O) groups excluding carboxylic acids is 2. The number of nitrogens with one attached hydrogen (secondary N) is 1. The van der Waals surface area contributed by atoms with E-state index in [-0.39, 0.29) is 23.7 Å². The third kappa shape index (κ3) is 3.59. The van der Waals surface area contributed by atoms with Gasteiger partial charge < -0.3 is 10.2 Å². The van der Waals surface area contributed by atoms with E-state index in [2.05, 4.69) is 12.2 Å². The van der Waals surface area contributed by atoms with Crippen molar-refractivity contribution in [1.82, 2.24) is 4.90 Å². The molecule has 130 valence electrons. The van der Waals surface area contributed by atoms with Gasteiger partial charge in [0.15, 0.2) is 0 Å². The van der Waals surface area contributed by atoms with Crippen LogP contribution in [-0.2, 0) is 9.59 Å². The van der Waals surface area contributed by atoms with Gasteiger partial charge >= 0.3 is 0 Å². The highest BCUT2D eigenvalue weighted by molar-refractivity contribution is 6.31. The molecule has 1 aromatic rings. The summed E-state index contributed by atoms with van der Waals surface area (Å²) in [7, 11) is 0. The molecular formula is C19H25ClN2O2. The number of likely N-dealkylation sites (tertiary alicyclic amines) is 1. The average molecular weight is 349 g/mol. The van der Waals surface area contributed by atoms with Crippen LogP contribution in [0.25, 0.3) is 0 Å². The molecule has 1 aliphatic heterocycles. The monoisotopic (exact) mass is 348 g/mol. The predicted octanol–water partition coefficient (Wildman–Crippen LogP) is 4.01. The molecule has 1 aromatic carbocycles. The van der Waals surface area contributed by atoms with Gasteiger partial charge in [0.1, 0.15) is 0 Å². The third-order valence-electron chi connectivity index (χ3n) is 5.27. The summed E-state index contributed by atoms with van der Waals surface area (Å²) in [5.41, 5.74) is 1.67. The quantitative estimate of drug-likeness (QED) is 0.893. The molecule has 1 N–H and O–H groups in total. The first-order valence-electron chi connectivity index (χ1n) is 8.88. The zero-order valence-electron chi connectivity index (χ0n) is 14.3. The molecule has 0 spiro atoms. The number of aryl methyl sites for hydroxylation is 1. The minimum Gasteiger partial charge on any atom is -0.339 e. The SMILES string of the molecule is CCC1CCCCN1C(=O)C1CC1C(=O)Nc1ccc(C)c(Cl)c1. The Morgan fingerprint density at radius 2 is 2.08 bits per heavy atom. The van der Waals surface area contributed by atoms with Crippen LogP contribution in [0.3, 0.4) is 0 Å². The Morgan fingerprint density at radius 1 is 1.29 bits per heavy atom. The summed E-state index contributed by atoms with van der Waals surface area (Å²) < 4.78 is 0. The zero-order valence-corrected chi connectivity index (χ0v) is 15.1. The highest BCUT2D eigenvalue weighted by Crippen LogP contribution is 2.42. The first kappa shape index (κ1) is 17.3. The molecule has 2 aliphatic rings. The molecule has 4 nitrogen and oxygen atoms in total. The van der Waals surface area contributed by atoms with E-state index in [1.165, 1.54) is 6.42 Å². The highest BCUT2D eigenvalue weighted by atomic mass is 35.5. The van der Waals surface area contributed by atoms with Gasteiger partial charge in [-0.3, -0.25) is 9.59 Å². The van der Waals surface area contributed by atoms with Gasteiger partial charge in [0.05, 0.1) is 11.8 Å². The summed E-state index contributed by atoms with van der Waals surface area (Å²) in [4.78, 5) is 27.1. The number of rotatable bonds is 4. The molecule has 0 radical (unpaired) electrons. The van der Waals surface area contributed by atoms with Crippen LogP contribution in [0.1, 0.15) is 44.6 Å². The van der Waals surface area contributed by atoms with Crippen LogP contribution in [0.2, 0.25) is 5.02 Å². The lowest BCUT2D eigenvalue weighted by molar-refractivity contribution is -0.137. The molecule has 3 rings (SSSR count). The Hall–Kier alpha value is -1.55. The fourth-order valence-electron chi connectivity index (χ4n) is 3.59. The van der Waals surface area contributed by atoms with Crippen molar-refractivity contribution in [1.29, 1.82) is 0 Å². The molecule has 1 saturated heterocycles. The van der Waals surface area contributed by atoms with E-state index in [1.54, 1.807) is 6.07 Å². The molecule has 3 unspecified atom stereocenters. The average Bonchev–Trinajstić information content (AvgIpc) is 3.38. The molecular weight excluding hydrogens is 324 g/mol. The third-order valence-corrected chi connectivity index (χ3v) is 5.67. The lowest BCUT2D eigenvalue weighted by Gasteiger charge is -2.35. The standard InChI is InChI=1S/C19H25ClN2O2/c1-3-14-6-4-5-9-22(14)19(24)16-11-15(16)18(23)21-13-8-7-12(2)17(20)10-13/h7-8,10,14-16H,3-6,9,11H2,1-2H3,(H,21,23). The predicted molar refractivity (Wildman–Crippen MR) is 96.1 cm³/mol. The lowest BCUT2D eigenvalue weighted by atomic mass is 9.99. The maximum Gasteiger partial charge on any atom is 0.228 e. The van der Waals surface area contributed by atoms with Crippen LogP contribution in [-0.4, -0.2) is 29.3 Å². The Kier molecular flexibility index (Phi) is 5.14. The van der Waals surface area contributed by atoms with Gasteiger partial charge in [0, 0.05) is 23.3 Å². The number of amides is 2. The highest BCUT2D eigenvalue weighted by Gasteiger charge is 2.50. The molecule has 0 bridgehead atoms. The molecule has 5 heteroatoms. The number of anilines is 1. The van der Waals surface area contributed by atoms with Gasteiger partial charge in [-0.25, -0.2) is 0 Å². The molecule has 0 aromatic heterocycles. The van der Waals surface area contributed by atoms with Crippen LogP contribution in [0.4, 0.5) is 5.69 Å². The minimum absolute atomic E-state index is 0.0710. The number of piperidine rings is 1. The van der Waals surface area contributed by atoms with Gasteiger partial charge in [-0.05, 0) is 56.7 Å². The van der Waals surface area contributed by atoms with Crippen molar-refractivity contribution in [2.45, 2.75) is 52.0 Å². The van der Waals surface area contributed by atoms with Gasteiger partial charge in [0.25, 0.3) is 0 Å².